The molecule has 0 unspecified atom stereocenters. The third kappa shape index (κ3) is 5.70. The first-order valence-corrected chi connectivity index (χ1v) is 12.0. The normalized spacial score (nSPS) is 19.4. The highest BCUT2D eigenvalue weighted by molar-refractivity contribution is 5.91. The zero-order valence-corrected chi connectivity index (χ0v) is 20.3. The molecule has 1 atom stereocenters. The van der Waals surface area contributed by atoms with Gasteiger partial charge in [0.25, 0.3) is 0 Å². The topological polar surface area (TPSA) is 130 Å². The highest BCUT2D eigenvalue weighted by Crippen LogP contribution is 2.24. The minimum absolute atomic E-state index is 0.0248. The smallest absolute Gasteiger partial charge is 0.357 e. The maximum absolute atomic E-state index is 13.4. The Morgan fingerprint density at radius 3 is 2.63 bits per heavy atom. The molecule has 1 aromatic carbocycles. The van der Waals surface area contributed by atoms with E-state index < -0.39 is 12.0 Å². The summed E-state index contributed by atoms with van der Waals surface area (Å²) in [5.41, 5.74) is 7.34. The number of benzene rings is 1. The Morgan fingerprint density at radius 1 is 1.14 bits per heavy atom. The van der Waals surface area contributed by atoms with Gasteiger partial charge in [-0.1, -0.05) is 0 Å². The van der Waals surface area contributed by atoms with Crippen molar-refractivity contribution < 1.29 is 23.5 Å². The largest absolute Gasteiger partial charge is 0.464 e. The Bertz CT molecular complexity index is 1130. The number of nitrogens with one attached hydrogen (secondary N) is 2. The molecule has 3 heterocycles. The fraction of sp³-hybridized carbons (Fsp3) is 0.480. The molecule has 0 bridgehead atoms. The molecular formula is C25H33N5O5. The molecule has 0 aliphatic carbocycles. The third-order valence-electron chi connectivity index (χ3n) is 6.47. The molecule has 4 rings (SSSR count). The molecule has 2 saturated heterocycles. The number of esters is 1. The van der Waals surface area contributed by atoms with Crippen LogP contribution in [0.1, 0.15) is 37.9 Å². The first-order chi connectivity index (χ1) is 16.9. The number of anilines is 1. The summed E-state index contributed by atoms with van der Waals surface area (Å²) < 4.78 is 10.4. The van der Waals surface area contributed by atoms with Crippen LogP contribution in [-0.4, -0.2) is 66.9 Å². The number of rotatable bonds is 7. The minimum Gasteiger partial charge on any atom is -0.464 e. The van der Waals surface area contributed by atoms with Crippen LogP contribution < -0.4 is 16.4 Å². The van der Waals surface area contributed by atoms with Gasteiger partial charge >= 0.3 is 5.97 Å². The number of aryl methyl sites for hydroxylation is 1. The van der Waals surface area contributed by atoms with E-state index in [1.807, 2.05) is 30.0 Å². The highest BCUT2D eigenvalue weighted by atomic mass is 16.5. The van der Waals surface area contributed by atoms with Crippen molar-refractivity contribution in [3.8, 4) is 0 Å². The zero-order valence-electron chi connectivity index (χ0n) is 20.3. The maximum Gasteiger partial charge on any atom is 0.357 e. The van der Waals surface area contributed by atoms with E-state index in [0.717, 1.165) is 55.5 Å². The molecule has 10 heteroatoms. The lowest BCUT2D eigenvalue weighted by Gasteiger charge is -2.28. The number of carbonyl (C=O) groups is 3. The third-order valence-corrected chi connectivity index (χ3v) is 6.47. The van der Waals surface area contributed by atoms with Gasteiger partial charge in [0.2, 0.25) is 11.8 Å². The SMILES string of the molecule is COC(=O)/C(N)=C(/Nc1ccc2oc(C)cc2c1)N[C@H]1CCCCN(CC(=O)N2CCCC2)C1=O. The van der Waals surface area contributed by atoms with Crippen LogP contribution in [-0.2, 0) is 19.1 Å². The predicted octanol–water partition coefficient (Wildman–Crippen LogP) is 2.05. The molecule has 2 aliphatic rings. The van der Waals surface area contributed by atoms with Crippen molar-refractivity contribution >= 4 is 34.4 Å². The van der Waals surface area contributed by atoms with Crippen LogP contribution in [0.25, 0.3) is 11.0 Å². The van der Waals surface area contributed by atoms with Gasteiger partial charge < -0.3 is 35.3 Å². The van der Waals surface area contributed by atoms with Crippen molar-refractivity contribution in [3.05, 3.63) is 41.5 Å². The van der Waals surface area contributed by atoms with Gasteiger partial charge in [-0.2, -0.15) is 0 Å². The Hall–Kier alpha value is -3.69. The molecule has 0 saturated carbocycles. The number of likely N-dealkylation sites (tertiary alicyclic amines) is 2. The van der Waals surface area contributed by atoms with Gasteiger partial charge in [-0.3, -0.25) is 9.59 Å². The van der Waals surface area contributed by atoms with E-state index in [0.29, 0.717) is 18.7 Å². The van der Waals surface area contributed by atoms with Crippen LogP contribution >= 0.6 is 0 Å². The van der Waals surface area contributed by atoms with Crippen molar-refractivity contribution in [2.45, 2.75) is 45.1 Å². The number of methoxy groups -OCH3 is 1. The quantitative estimate of drug-likeness (QED) is 0.403. The lowest BCUT2D eigenvalue weighted by Crippen LogP contribution is -2.49. The summed E-state index contributed by atoms with van der Waals surface area (Å²) in [5.74, 6) is 0.0358. The van der Waals surface area contributed by atoms with E-state index >= 15 is 0 Å². The van der Waals surface area contributed by atoms with E-state index in [2.05, 4.69) is 10.6 Å². The Balaban J connectivity index is 1.54. The molecule has 0 radical (unpaired) electrons. The lowest BCUT2D eigenvalue weighted by atomic mass is 10.1. The van der Waals surface area contributed by atoms with Crippen LogP contribution in [0.2, 0.25) is 0 Å². The van der Waals surface area contributed by atoms with Gasteiger partial charge in [0.1, 0.15) is 23.2 Å². The second-order valence-electron chi connectivity index (χ2n) is 9.06. The fourth-order valence-electron chi connectivity index (χ4n) is 4.59. The molecule has 1 aromatic heterocycles. The Labute approximate surface area is 204 Å². The summed E-state index contributed by atoms with van der Waals surface area (Å²) in [6.07, 6.45) is 4.14. The number of furan rings is 1. The van der Waals surface area contributed by atoms with Crippen molar-refractivity contribution in [2.75, 3.05) is 38.6 Å². The number of ether oxygens (including phenoxy) is 1. The van der Waals surface area contributed by atoms with E-state index in [9.17, 15) is 14.4 Å². The summed E-state index contributed by atoms with van der Waals surface area (Å²) in [7, 11) is 1.25. The second-order valence-corrected chi connectivity index (χ2v) is 9.06. The van der Waals surface area contributed by atoms with Crippen LogP contribution in [0.15, 0.2) is 40.2 Å². The highest BCUT2D eigenvalue weighted by Gasteiger charge is 2.31. The van der Waals surface area contributed by atoms with Crippen LogP contribution in [0.5, 0.6) is 0 Å². The van der Waals surface area contributed by atoms with Crippen LogP contribution in [0.4, 0.5) is 5.69 Å². The molecule has 10 nitrogen and oxygen atoms in total. The average Bonchev–Trinajstić information content (AvgIpc) is 3.48. The monoisotopic (exact) mass is 483 g/mol. The maximum atomic E-state index is 13.4. The van der Waals surface area contributed by atoms with Gasteiger partial charge in [-0.05, 0) is 63.3 Å². The van der Waals surface area contributed by atoms with E-state index in [1.54, 1.807) is 11.0 Å². The number of hydrogen-bond donors (Lipinski definition) is 3. The average molecular weight is 484 g/mol. The van der Waals surface area contributed by atoms with Crippen LogP contribution in [0, 0.1) is 6.92 Å². The first kappa shape index (κ1) is 24.4. The van der Waals surface area contributed by atoms with Gasteiger partial charge in [0, 0.05) is 30.7 Å². The van der Waals surface area contributed by atoms with Crippen molar-refractivity contribution in [1.29, 1.82) is 0 Å². The number of amides is 2. The molecule has 2 aromatic rings. The molecule has 188 valence electrons. The fourth-order valence-corrected chi connectivity index (χ4v) is 4.59. The van der Waals surface area contributed by atoms with E-state index in [1.165, 1.54) is 7.11 Å². The second kappa shape index (κ2) is 10.7. The van der Waals surface area contributed by atoms with Gasteiger partial charge in [-0.25, -0.2) is 4.79 Å². The van der Waals surface area contributed by atoms with Gasteiger partial charge in [0.15, 0.2) is 5.70 Å². The summed E-state index contributed by atoms with van der Waals surface area (Å²) in [4.78, 5) is 41.8. The van der Waals surface area contributed by atoms with Gasteiger partial charge in [0.05, 0.1) is 13.7 Å². The van der Waals surface area contributed by atoms with Gasteiger partial charge in [-0.15, -0.1) is 0 Å². The molecule has 0 spiro atoms. The standard InChI is InChI=1S/C25H33N5O5/c1-16-13-17-14-18(8-9-20(17)35-16)27-23(22(26)25(33)34-2)28-19-7-3-4-12-30(24(19)32)15-21(31)29-10-5-6-11-29/h8-9,13-14,19,27-28H,3-7,10-12,15,26H2,1-2H3/b23-22+/t19-/m0/s1. The summed E-state index contributed by atoms with van der Waals surface area (Å²) in [6.45, 7) is 3.94. The Kier molecular flexibility index (Phi) is 7.48. The number of carbonyl (C=O) groups excluding carboxylic acids is 3. The number of fused-ring (bicyclic) bond motifs is 1. The molecular weight excluding hydrogens is 450 g/mol. The summed E-state index contributed by atoms with van der Waals surface area (Å²) in [6, 6.07) is 6.75. The molecule has 2 aliphatic heterocycles. The molecule has 4 N–H and O–H groups in total. The summed E-state index contributed by atoms with van der Waals surface area (Å²) in [5, 5.41) is 7.17. The van der Waals surface area contributed by atoms with Crippen molar-refractivity contribution in [3.63, 3.8) is 0 Å². The van der Waals surface area contributed by atoms with Crippen LogP contribution in [0.3, 0.4) is 0 Å². The molecule has 2 amide bonds. The predicted molar refractivity (Wildman–Crippen MR) is 131 cm³/mol. The van der Waals surface area contributed by atoms with Crippen molar-refractivity contribution in [1.82, 2.24) is 15.1 Å². The minimum atomic E-state index is -0.720. The first-order valence-electron chi connectivity index (χ1n) is 12.0. The lowest BCUT2D eigenvalue weighted by molar-refractivity contribution is -0.140. The number of nitrogens with two attached hydrogens (primary N) is 1. The number of hydrogen-bond acceptors (Lipinski definition) is 8. The molecule has 35 heavy (non-hydrogen) atoms. The molecule has 2 fully saturated rings. The summed E-state index contributed by atoms with van der Waals surface area (Å²) >= 11 is 0. The van der Waals surface area contributed by atoms with Crippen molar-refractivity contribution in [2.24, 2.45) is 5.73 Å². The zero-order chi connectivity index (χ0) is 24.9. The van der Waals surface area contributed by atoms with E-state index in [4.69, 9.17) is 14.9 Å². The van der Waals surface area contributed by atoms with E-state index in [-0.39, 0.29) is 29.9 Å². The Morgan fingerprint density at radius 2 is 1.89 bits per heavy atom. The number of nitrogens with zero attached hydrogens (tertiary/aromatic N) is 2.